The van der Waals surface area contributed by atoms with Crippen molar-refractivity contribution in [1.82, 2.24) is 14.7 Å². The topological polar surface area (TPSA) is 56.6 Å². The smallest absolute Gasteiger partial charge is 0.414 e. The van der Waals surface area contributed by atoms with Crippen molar-refractivity contribution >= 4 is 17.7 Å². The van der Waals surface area contributed by atoms with Gasteiger partial charge in [0.05, 0.1) is 5.69 Å². The third-order valence-corrected chi connectivity index (χ3v) is 5.48. The molecule has 0 bridgehead atoms. The Labute approximate surface area is 182 Å². The second kappa shape index (κ2) is 8.79. The molecule has 0 aliphatic rings. The van der Waals surface area contributed by atoms with E-state index in [0.717, 1.165) is 39.3 Å². The number of aryl methyl sites for hydroxylation is 3. The van der Waals surface area contributed by atoms with Gasteiger partial charge in [0, 0.05) is 37.8 Å². The summed E-state index contributed by atoms with van der Waals surface area (Å²) in [4.78, 5) is 13.4. The molecule has 1 heterocycles. The van der Waals surface area contributed by atoms with Crippen molar-refractivity contribution in [2.24, 2.45) is 7.05 Å². The van der Waals surface area contributed by atoms with Crippen molar-refractivity contribution in [2.45, 2.75) is 27.4 Å². The fourth-order valence-corrected chi connectivity index (χ4v) is 3.26. The van der Waals surface area contributed by atoms with Gasteiger partial charge in [0.25, 0.3) is 0 Å². The Morgan fingerprint density at radius 1 is 1.10 bits per heavy atom. The van der Waals surface area contributed by atoms with E-state index >= 15 is 0 Å². The van der Waals surface area contributed by atoms with Gasteiger partial charge in [-0.3, -0.25) is 4.68 Å². The minimum absolute atomic E-state index is 0.289. The van der Waals surface area contributed by atoms with Gasteiger partial charge >= 0.3 is 6.09 Å². The maximum absolute atomic E-state index is 12.0. The molecule has 0 N–H and O–H groups in total. The highest BCUT2D eigenvalue weighted by Gasteiger charge is 2.16. The number of benzene rings is 2. The molecular weight excluding hydrogens is 402 g/mol. The number of carbonyl (C=O) groups excluding carboxylic acids is 1. The van der Waals surface area contributed by atoms with Gasteiger partial charge in [0.15, 0.2) is 0 Å². The zero-order valence-corrected chi connectivity index (χ0v) is 18.9. The van der Waals surface area contributed by atoms with E-state index in [0.29, 0.717) is 10.9 Å². The van der Waals surface area contributed by atoms with Crippen LogP contribution in [-0.2, 0) is 13.7 Å². The van der Waals surface area contributed by atoms with Crippen LogP contribution in [0.3, 0.4) is 0 Å². The fourth-order valence-electron chi connectivity index (χ4n) is 3.13. The summed E-state index contributed by atoms with van der Waals surface area (Å²) < 4.78 is 13.2. The first-order chi connectivity index (χ1) is 14.2. The van der Waals surface area contributed by atoms with Gasteiger partial charge in [-0.15, -0.1) is 0 Å². The van der Waals surface area contributed by atoms with Gasteiger partial charge < -0.3 is 14.4 Å². The van der Waals surface area contributed by atoms with E-state index < -0.39 is 6.09 Å². The molecule has 3 aromatic rings. The van der Waals surface area contributed by atoms with Crippen LogP contribution in [0, 0.1) is 20.8 Å². The predicted octanol–water partition coefficient (Wildman–Crippen LogP) is 5.31. The van der Waals surface area contributed by atoms with Crippen LogP contribution in [-0.4, -0.2) is 34.9 Å². The van der Waals surface area contributed by atoms with Crippen LogP contribution in [0.5, 0.6) is 11.5 Å². The van der Waals surface area contributed by atoms with E-state index in [1.54, 1.807) is 24.8 Å². The second-order valence-corrected chi connectivity index (χ2v) is 7.83. The van der Waals surface area contributed by atoms with Crippen LogP contribution in [0.25, 0.3) is 11.3 Å². The lowest BCUT2D eigenvalue weighted by Gasteiger charge is -2.17. The maximum Gasteiger partial charge on any atom is 0.414 e. The largest absolute Gasteiger partial charge is 0.488 e. The summed E-state index contributed by atoms with van der Waals surface area (Å²) in [6.07, 6.45) is -0.424. The van der Waals surface area contributed by atoms with E-state index in [2.05, 4.69) is 5.10 Å². The summed E-state index contributed by atoms with van der Waals surface area (Å²) in [7, 11) is 5.12. The molecule has 0 saturated heterocycles. The van der Waals surface area contributed by atoms with Crippen LogP contribution in [0.4, 0.5) is 4.79 Å². The van der Waals surface area contributed by atoms with E-state index in [1.807, 2.05) is 58.2 Å². The Hall–Kier alpha value is -2.99. The van der Waals surface area contributed by atoms with Crippen LogP contribution < -0.4 is 9.47 Å². The van der Waals surface area contributed by atoms with Crippen molar-refractivity contribution < 1.29 is 14.3 Å². The zero-order chi connectivity index (χ0) is 22.0. The Morgan fingerprint density at radius 3 is 2.43 bits per heavy atom. The van der Waals surface area contributed by atoms with Gasteiger partial charge in [-0.05, 0) is 56.2 Å². The number of aromatic nitrogens is 2. The minimum atomic E-state index is -0.424. The third kappa shape index (κ3) is 4.44. The quantitative estimate of drug-likeness (QED) is 0.554. The zero-order valence-electron chi connectivity index (χ0n) is 18.1. The number of amides is 1. The lowest BCUT2D eigenvalue weighted by molar-refractivity contribution is 0.170. The number of rotatable bonds is 5. The normalized spacial score (nSPS) is 10.8. The van der Waals surface area contributed by atoms with Gasteiger partial charge in [-0.25, -0.2) is 4.79 Å². The second-order valence-electron chi connectivity index (χ2n) is 7.47. The summed E-state index contributed by atoms with van der Waals surface area (Å²) in [5.74, 6) is 1.26. The molecule has 0 aliphatic heterocycles. The molecule has 0 atom stereocenters. The number of hydrogen-bond donors (Lipinski definition) is 0. The number of carbonyl (C=O) groups is 1. The summed E-state index contributed by atoms with van der Waals surface area (Å²) in [5, 5.41) is 5.13. The lowest BCUT2D eigenvalue weighted by atomic mass is 10.1. The van der Waals surface area contributed by atoms with E-state index in [1.165, 1.54) is 4.90 Å². The van der Waals surface area contributed by atoms with Crippen LogP contribution in [0.1, 0.15) is 22.3 Å². The molecule has 3 rings (SSSR count). The maximum atomic E-state index is 12.0. The van der Waals surface area contributed by atoms with Gasteiger partial charge in [0.2, 0.25) is 0 Å². The molecule has 1 amide bonds. The molecule has 1 aromatic heterocycles. The Kier molecular flexibility index (Phi) is 6.37. The highest BCUT2D eigenvalue weighted by atomic mass is 35.5. The average Bonchev–Trinajstić information content (AvgIpc) is 2.95. The predicted molar refractivity (Wildman–Crippen MR) is 118 cm³/mol. The molecule has 0 unspecified atom stereocenters. The summed E-state index contributed by atoms with van der Waals surface area (Å²) in [6, 6.07) is 11.5. The number of ether oxygens (including phenoxy) is 2. The first-order valence-corrected chi connectivity index (χ1v) is 9.97. The van der Waals surface area contributed by atoms with Crippen molar-refractivity contribution in [3.8, 4) is 22.8 Å². The molecule has 0 saturated carbocycles. The molecule has 30 heavy (non-hydrogen) atoms. The first-order valence-electron chi connectivity index (χ1n) is 9.59. The molecule has 158 valence electrons. The molecule has 0 aliphatic carbocycles. The molecular formula is C23H26ClN3O3. The number of hydrogen-bond acceptors (Lipinski definition) is 4. The van der Waals surface area contributed by atoms with Crippen LogP contribution in [0.2, 0.25) is 5.15 Å². The van der Waals surface area contributed by atoms with Crippen molar-refractivity contribution in [3.63, 3.8) is 0 Å². The Balaban J connectivity index is 1.81. The van der Waals surface area contributed by atoms with Crippen LogP contribution >= 0.6 is 11.6 Å². The summed E-state index contributed by atoms with van der Waals surface area (Å²) in [6.45, 7) is 6.20. The molecule has 6 nitrogen and oxygen atoms in total. The average molecular weight is 428 g/mol. The summed E-state index contributed by atoms with van der Waals surface area (Å²) >= 11 is 6.26. The monoisotopic (exact) mass is 427 g/mol. The third-order valence-electron chi connectivity index (χ3n) is 4.95. The molecule has 0 radical (unpaired) electrons. The highest BCUT2D eigenvalue weighted by Crippen LogP contribution is 2.31. The van der Waals surface area contributed by atoms with E-state index in [4.69, 9.17) is 21.1 Å². The Morgan fingerprint density at radius 2 is 1.83 bits per heavy atom. The van der Waals surface area contributed by atoms with E-state index in [-0.39, 0.29) is 6.61 Å². The van der Waals surface area contributed by atoms with E-state index in [9.17, 15) is 4.79 Å². The minimum Gasteiger partial charge on any atom is -0.488 e. The fraction of sp³-hybridized carbons (Fsp3) is 0.304. The molecule has 0 spiro atoms. The van der Waals surface area contributed by atoms with Crippen LogP contribution in [0.15, 0.2) is 36.4 Å². The van der Waals surface area contributed by atoms with Crippen molar-refractivity contribution in [2.75, 3.05) is 14.1 Å². The highest BCUT2D eigenvalue weighted by molar-refractivity contribution is 6.30. The molecule has 2 aromatic carbocycles. The Bertz CT molecular complexity index is 1090. The van der Waals surface area contributed by atoms with Gasteiger partial charge in [-0.1, -0.05) is 23.7 Å². The molecule has 0 fully saturated rings. The lowest BCUT2D eigenvalue weighted by Crippen LogP contribution is -2.25. The van der Waals surface area contributed by atoms with Gasteiger partial charge in [0.1, 0.15) is 23.3 Å². The number of nitrogens with zero attached hydrogens (tertiary/aromatic N) is 3. The standard InChI is InChI=1S/C23H26ClN3O3/c1-14-8-7-9-20(30-23(28)26(4)5)18(14)13-29-19-11-10-17(12-15(19)2)21-16(3)22(24)27(6)25-21/h7-12H,13H2,1-6H3. The summed E-state index contributed by atoms with van der Waals surface area (Å²) in [5.41, 5.74) is 5.59. The molecule has 7 heteroatoms. The van der Waals surface area contributed by atoms with Crippen molar-refractivity contribution in [3.05, 3.63) is 63.8 Å². The SMILES string of the molecule is Cc1cc(-c2nn(C)c(Cl)c2C)ccc1OCc1c(C)cccc1OC(=O)N(C)C. The number of halogens is 1. The van der Waals surface area contributed by atoms with Gasteiger partial charge in [-0.2, -0.15) is 5.10 Å². The van der Waals surface area contributed by atoms with Crippen molar-refractivity contribution in [1.29, 1.82) is 0 Å². The first kappa shape index (κ1) is 21.7.